The molecule has 0 heterocycles. The van der Waals surface area contributed by atoms with Crippen LogP contribution < -0.4 is 4.18 Å². The van der Waals surface area contributed by atoms with Crippen molar-refractivity contribution in [1.82, 2.24) is 0 Å². The Morgan fingerprint density at radius 1 is 1.13 bits per heavy atom. The van der Waals surface area contributed by atoms with E-state index in [2.05, 4.69) is 15.9 Å². The highest BCUT2D eigenvalue weighted by atomic mass is 79.9. The van der Waals surface area contributed by atoms with Crippen LogP contribution in [0.25, 0.3) is 10.8 Å². The molecule has 2 aromatic rings. The van der Waals surface area contributed by atoms with Gasteiger partial charge in [0, 0.05) is 9.86 Å². The molecular formula is C10H7BrO3S. The van der Waals surface area contributed by atoms with E-state index in [1.54, 1.807) is 12.1 Å². The van der Waals surface area contributed by atoms with Crippen LogP contribution in [0.3, 0.4) is 0 Å². The van der Waals surface area contributed by atoms with Gasteiger partial charge in [0.15, 0.2) is 0 Å². The van der Waals surface area contributed by atoms with Crippen LogP contribution in [0.2, 0.25) is 0 Å². The van der Waals surface area contributed by atoms with Crippen molar-refractivity contribution in [2.45, 2.75) is 0 Å². The van der Waals surface area contributed by atoms with E-state index in [0.29, 0.717) is 5.75 Å². The van der Waals surface area contributed by atoms with E-state index >= 15 is 0 Å². The van der Waals surface area contributed by atoms with Crippen molar-refractivity contribution >= 4 is 37.7 Å². The first-order valence-electron chi connectivity index (χ1n) is 4.17. The Balaban J connectivity index is 2.65. The molecule has 0 spiro atoms. The highest BCUT2D eigenvalue weighted by Gasteiger charge is 2.02. The molecule has 0 bridgehead atoms. The SMILES string of the molecule is O=[SH](=O)Oc1cccc2cc(Br)ccc12. The van der Waals surface area contributed by atoms with Crippen LogP contribution in [-0.4, -0.2) is 8.42 Å². The van der Waals surface area contributed by atoms with Crippen LogP contribution in [0, 0.1) is 0 Å². The van der Waals surface area contributed by atoms with Crippen molar-refractivity contribution in [2.24, 2.45) is 0 Å². The monoisotopic (exact) mass is 286 g/mol. The largest absolute Gasteiger partial charge is 0.384 e. The van der Waals surface area contributed by atoms with Crippen molar-refractivity contribution in [1.29, 1.82) is 0 Å². The summed E-state index contributed by atoms with van der Waals surface area (Å²) in [6.07, 6.45) is 0. The van der Waals surface area contributed by atoms with E-state index < -0.39 is 11.0 Å². The average Bonchev–Trinajstić information content (AvgIpc) is 2.16. The number of halogens is 1. The molecule has 3 nitrogen and oxygen atoms in total. The second kappa shape index (κ2) is 4.20. The fourth-order valence-electron chi connectivity index (χ4n) is 1.38. The van der Waals surface area contributed by atoms with Gasteiger partial charge in [0.2, 0.25) is 0 Å². The molecule has 0 unspecified atom stereocenters. The summed E-state index contributed by atoms with van der Waals surface area (Å²) in [5, 5.41) is 1.71. The maximum absolute atomic E-state index is 10.5. The number of hydrogen-bond acceptors (Lipinski definition) is 3. The Labute approximate surface area is 97.0 Å². The van der Waals surface area contributed by atoms with Crippen molar-refractivity contribution in [3.8, 4) is 5.75 Å². The Morgan fingerprint density at radius 3 is 2.67 bits per heavy atom. The second-order valence-corrected chi connectivity index (χ2v) is 4.48. The first kappa shape index (κ1) is 10.4. The zero-order chi connectivity index (χ0) is 10.8. The lowest BCUT2D eigenvalue weighted by molar-refractivity contribution is 0.513. The summed E-state index contributed by atoms with van der Waals surface area (Å²) in [6.45, 7) is 0. The van der Waals surface area contributed by atoms with E-state index in [4.69, 9.17) is 4.18 Å². The van der Waals surface area contributed by atoms with E-state index in [-0.39, 0.29) is 0 Å². The summed E-state index contributed by atoms with van der Waals surface area (Å²) < 4.78 is 26.6. The second-order valence-electron chi connectivity index (χ2n) is 2.94. The van der Waals surface area contributed by atoms with Gasteiger partial charge in [-0.05, 0) is 29.7 Å². The van der Waals surface area contributed by atoms with Crippen LogP contribution in [0.4, 0.5) is 0 Å². The van der Waals surface area contributed by atoms with Crippen molar-refractivity contribution < 1.29 is 12.6 Å². The fourth-order valence-corrected chi connectivity index (χ4v) is 2.08. The Morgan fingerprint density at radius 2 is 1.93 bits per heavy atom. The van der Waals surface area contributed by atoms with Gasteiger partial charge >= 0.3 is 0 Å². The Bertz CT molecular complexity index is 570. The quantitative estimate of drug-likeness (QED) is 0.863. The van der Waals surface area contributed by atoms with Crippen LogP contribution in [-0.2, 0) is 11.0 Å². The highest BCUT2D eigenvalue weighted by molar-refractivity contribution is 9.10. The summed E-state index contributed by atoms with van der Waals surface area (Å²) in [5.41, 5.74) is 0. The molecule has 2 aromatic carbocycles. The zero-order valence-electron chi connectivity index (χ0n) is 7.51. The summed E-state index contributed by atoms with van der Waals surface area (Å²) in [7, 11) is -2.87. The predicted octanol–water partition coefficient (Wildman–Crippen LogP) is 2.51. The molecule has 0 aliphatic heterocycles. The van der Waals surface area contributed by atoms with Gasteiger partial charge in [0.25, 0.3) is 11.0 Å². The lowest BCUT2D eigenvalue weighted by atomic mass is 10.1. The van der Waals surface area contributed by atoms with Gasteiger partial charge < -0.3 is 4.18 Å². The molecule has 0 aromatic heterocycles. The molecule has 0 aliphatic rings. The number of hydrogen-bond donors (Lipinski definition) is 1. The lowest BCUT2D eigenvalue weighted by Crippen LogP contribution is -1.90. The van der Waals surface area contributed by atoms with Crippen molar-refractivity contribution in [3.63, 3.8) is 0 Å². The molecular weight excluding hydrogens is 280 g/mol. The normalized spacial score (nSPS) is 10.8. The van der Waals surface area contributed by atoms with Gasteiger partial charge in [0.05, 0.1) is 0 Å². The van der Waals surface area contributed by atoms with E-state index in [1.807, 2.05) is 24.3 Å². The van der Waals surface area contributed by atoms with Gasteiger partial charge in [-0.1, -0.05) is 28.1 Å². The van der Waals surface area contributed by atoms with Crippen molar-refractivity contribution in [2.75, 3.05) is 0 Å². The van der Waals surface area contributed by atoms with E-state index in [1.165, 1.54) is 0 Å². The van der Waals surface area contributed by atoms with Gasteiger partial charge in [-0.15, -0.1) is 0 Å². The third kappa shape index (κ3) is 2.30. The van der Waals surface area contributed by atoms with Gasteiger partial charge in [0.1, 0.15) is 5.75 Å². The molecule has 0 radical (unpaired) electrons. The van der Waals surface area contributed by atoms with Crippen LogP contribution >= 0.6 is 15.9 Å². The van der Waals surface area contributed by atoms with Gasteiger partial charge in [-0.3, -0.25) is 0 Å². The molecule has 5 heteroatoms. The Hall–Kier alpha value is -1.07. The van der Waals surface area contributed by atoms with Crippen LogP contribution in [0.15, 0.2) is 40.9 Å². The van der Waals surface area contributed by atoms with Gasteiger partial charge in [-0.2, -0.15) is 8.42 Å². The molecule has 0 aliphatic carbocycles. The van der Waals surface area contributed by atoms with Crippen LogP contribution in [0.5, 0.6) is 5.75 Å². The number of thiol groups is 1. The number of benzene rings is 2. The minimum absolute atomic E-state index is 0.358. The number of rotatable bonds is 2. The minimum atomic E-state index is -2.87. The highest BCUT2D eigenvalue weighted by Crippen LogP contribution is 2.27. The van der Waals surface area contributed by atoms with Crippen LogP contribution in [0.1, 0.15) is 0 Å². The average molecular weight is 287 g/mol. The standard InChI is InChI=1S/C10H7BrO3S/c11-8-4-5-9-7(6-8)2-1-3-10(9)14-15(12)13/h1-6,15H. The first-order chi connectivity index (χ1) is 7.16. The lowest BCUT2D eigenvalue weighted by Gasteiger charge is -2.03. The van der Waals surface area contributed by atoms with Crippen molar-refractivity contribution in [3.05, 3.63) is 40.9 Å². The third-order valence-corrected chi connectivity index (χ3v) is 2.81. The third-order valence-electron chi connectivity index (χ3n) is 1.98. The molecule has 0 atom stereocenters. The predicted molar refractivity (Wildman–Crippen MR) is 62.6 cm³/mol. The smallest absolute Gasteiger partial charge is 0.299 e. The summed E-state index contributed by atoms with van der Waals surface area (Å²) in [5.74, 6) is 0.358. The molecule has 0 saturated heterocycles. The van der Waals surface area contributed by atoms with E-state index in [0.717, 1.165) is 15.2 Å². The summed E-state index contributed by atoms with van der Waals surface area (Å²) in [6, 6.07) is 10.8. The summed E-state index contributed by atoms with van der Waals surface area (Å²) in [4.78, 5) is 0. The topological polar surface area (TPSA) is 43.4 Å². The number of fused-ring (bicyclic) bond motifs is 1. The maximum Gasteiger partial charge on any atom is 0.299 e. The summed E-state index contributed by atoms with van der Waals surface area (Å²) >= 11 is 3.35. The molecule has 2 rings (SSSR count). The molecule has 0 amide bonds. The molecule has 0 N–H and O–H groups in total. The first-order valence-corrected chi connectivity index (χ1v) is 6.06. The fraction of sp³-hybridized carbons (Fsp3) is 0. The molecule has 15 heavy (non-hydrogen) atoms. The molecule has 78 valence electrons. The minimum Gasteiger partial charge on any atom is -0.384 e. The Kier molecular flexibility index (Phi) is 2.93. The molecule has 0 saturated carbocycles. The molecule has 0 fully saturated rings. The van der Waals surface area contributed by atoms with Gasteiger partial charge in [-0.25, -0.2) is 0 Å². The van der Waals surface area contributed by atoms with E-state index in [9.17, 15) is 8.42 Å². The zero-order valence-corrected chi connectivity index (χ0v) is 9.99. The maximum atomic E-state index is 10.5.